The maximum Gasteiger partial charge on any atom is 0.243 e. The Morgan fingerprint density at radius 2 is 2.00 bits per heavy atom. The molecule has 0 aliphatic rings. The molecule has 0 aliphatic carbocycles. The van der Waals surface area contributed by atoms with Crippen molar-refractivity contribution in [2.75, 3.05) is 23.8 Å². The Labute approximate surface area is 122 Å². The second-order valence-electron chi connectivity index (χ2n) is 4.57. The Balaban J connectivity index is 1.98. The van der Waals surface area contributed by atoms with Gasteiger partial charge >= 0.3 is 0 Å². The number of carbonyl (C=O) groups excluding carboxylic acids is 1. The van der Waals surface area contributed by atoms with Crippen LogP contribution in [0.4, 0.5) is 15.8 Å². The molecule has 4 nitrogen and oxygen atoms in total. The van der Waals surface area contributed by atoms with Crippen molar-refractivity contribution in [3.8, 4) is 6.07 Å². The predicted octanol–water partition coefficient (Wildman–Crippen LogP) is 2.77. The van der Waals surface area contributed by atoms with Gasteiger partial charge in [0.25, 0.3) is 0 Å². The van der Waals surface area contributed by atoms with Crippen molar-refractivity contribution >= 4 is 17.3 Å². The summed E-state index contributed by atoms with van der Waals surface area (Å²) in [7, 11) is 1.75. The molecule has 1 amide bonds. The molecule has 0 radical (unpaired) electrons. The molecule has 1 N–H and O–H groups in total. The summed E-state index contributed by atoms with van der Waals surface area (Å²) in [4.78, 5) is 13.7. The second-order valence-corrected chi connectivity index (χ2v) is 4.57. The highest BCUT2D eigenvalue weighted by atomic mass is 19.1. The van der Waals surface area contributed by atoms with Crippen LogP contribution in [0.25, 0.3) is 0 Å². The van der Waals surface area contributed by atoms with Gasteiger partial charge in [0.2, 0.25) is 5.91 Å². The van der Waals surface area contributed by atoms with Crippen LogP contribution in [0.15, 0.2) is 48.5 Å². The molecular weight excluding hydrogens is 269 g/mol. The maximum absolute atomic E-state index is 12.8. The van der Waals surface area contributed by atoms with Crippen molar-refractivity contribution in [3.63, 3.8) is 0 Å². The normalized spacial score (nSPS) is 9.76. The van der Waals surface area contributed by atoms with Crippen molar-refractivity contribution < 1.29 is 9.18 Å². The summed E-state index contributed by atoms with van der Waals surface area (Å²) in [5.74, 6) is -0.526. The van der Waals surface area contributed by atoms with E-state index in [2.05, 4.69) is 5.32 Å². The number of anilines is 2. The predicted molar refractivity (Wildman–Crippen MR) is 79.5 cm³/mol. The molecule has 0 fully saturated rings. The number of hydrogen-bond donors (Lipinski definition) is 1. The fourth-order valence-corrected chi connectivity index (χ4v) is 1.87. The molecule has 2 rings (SSSR count). The molecule has 0 saturated heterocycles. The third kappa shape index (κ3) is 4.05. The number of nitrogens with one attached hydrogen (secondary N) is 1. The van der Waals surface area contributed by atoms with Crippen LogP contribution in [-0.4, -0.2) is 19.5 Å². The van der Waals surface area contributed by atoms with Crippen LogP contribution in [0.2, 0.25) is 0 Å². The zero-order valence-electron chi connectivity index (χ0n) is 11.5. The Kier molecular flexibility index (Phi) is 4.52. The number of amides is 1. The zero-order chi connectivity index (χ0) is 15.2. The van der Waals surface area contributed by atoms with E-state index in [4.69, 9.17) is 5.26 Å². The number of rotatable bonds is 4. The van der Waals surface area contributed by atoms with E-state index < -0.39 is 0 Å². The molecule has 106 valence electrons. The van der Waals surface area contributed by atoms with Gasteiger partial charge < -0.3 is 10.2 Å². The Bertz CT molecular complexity index is 677. The van der Waals surface area contributed by atoms with E-state index in [-0.39, 0.29) is 18.3 Å². The first-order chi connectivity index (χ1) is 10.1. The number of nitriles is 1. The molecule has 0 saturated carbocycles. The number of benzene rings is 2. The minimum Gasteiger partial charge on any atom is -0.365 e. The van der Waals surface area contributed by atoms with Crippen LogP contribution in [0, 0.1) is 17.1 Å². The molecule has 2 aromatic carbocycles. The highest BCUT2D eigenvalue weighted by molar-refractivity contribution is 5.94. The van der Waals surface area contributed by atoms with Gasteiger partial charge in [-0.1, -0.05) is 6.07 Å². The molecule has 0 spiro atoms. The van der Waals surface area contributed by atoms with E-state index >= 15 is 0 Å². The molecule has 21 heavy (non-hydrogen) atoms. The fraction of sp³-hybridized carbons (Fsp3) is 0.125. The van der Waals surface area contributed by atoms with E-state index in [1.165, 1.54) is 12.1 Å². The molecule has 0 heterocycles. The molecule has 0 aliphatic heterocycles. The SMILES string of the molecule is CN(CC(=O)Nc1cccc(C#N)c1)c1ccc(F)cc1. The molecule has 5 heteroatoms. The van der Waals surface area contributed by atoms with Gasteiger partial charge in [-0.25, -0.2) is 4.39 Å². The highest BCUT2D eigenvalue weighted by Crippen LogP contribution is 2.14. The minimum absolute atomic E-state index is 0.127. The molecule has 2 aromatic rings. The first-order valence-corrected chi connectivity index (χ1v) is 6.35. The zero-order valence-corrected chi connectivity index (χ0v) is 11.5. The van der Waals surface area contributed by atoms with Crippen molar-refractivity contribution in [3.05, 3.63) is 59.9 Å². The van der Waals surface area contributed by atoms with Gasteiger partial charge in [-0.15, -0.1) is 0 Å². The first-order valence-electron chi connectivity index (χ1n) is 6.35. The van der Waals surface area contributed by atoms with Gasteiger partial charge in [-0.2, -0.15) is 5.26 Å². The third-order valence-electron chi connectivity index (χ3n) is 2.92. The summed E-state index contributed by atoms with van der Waals surface area (Å²) >= 11 is 0. The third-order valence-corrected chi connectivity index (χ3v) is 2.92. The van der Waals surface area contributed by atoms with Crippen molar-refractivity contribution in [2.45, 2.75) is 0 Å². The van der Waals surface area contributed by atoms with Gasteiger partial charge in [0.1, 0.15) is 5.82 Å². The van der Waals surface area contributed by atoms with Crippen LogP contribution in [0.1, 0.15) is 5.56 Å². The number of likely N-dealkylation sites (N-methyl/N-ethyl adjacent to an activating group) is 1. The summed E-state index contributed by atoms with van der Waals surface area (Å²) in [6.07, 6.45) is 0. The van der Waals surface area contributed by atoms with Crippen LogP contribution in [0.3, 0.4) is 0 Å². The summed E-state index contributed by atoms with van der Waals surface area (Å²) in [5, 5.41) is 11.5. The van der Waals surface area contributed by atoms with E-state index in [1.807, 2.05) is 6.07 Å². The topological polar surface area (TPSA) is 56.1 Å². The lowest BCUT2D eigenvalue weighted by Crippen LogP contribution is -2.30. The maximum atomic E-state index is 12.8. The molecule has 0 atom stereocenters. The Morgan fingerprint density at radius 1 is 1.29 bits per heavy atom. The monoisotopic (exact) mass is 283 g/mol. The summed E-state index contributed by atoms with van der Waals surface area (Å²) in [5.41, 5.74) is 1.81. The van der Waals surface area contributed by atoms with Gasteiger partial charge in [-0.3, -0.25) is 4.79 Å². The van der Waals surface area contributed by atoms with Crippen LogP contribution in [-0.2, 0) is 4.79 Å². The van der Waals surface area contributed by atoms with Crippen LogP contribution in [0.5, 0.6) is 0 Å². The van der Waals surface area contributed by atoms with Crippen molar-refractivity contribution in [1.82, 2.24) is 0 Å². The standard InChI is InChI=1S/C16H14FN3O/c1-20(15-7-5-13(17)6-8-15)11-16(21)19-14-4-2-3-12(9-14)10-18/h2-9H,11H2,1H3,(H,19,21). The molecular formula is C16H14FN3O. The first kappa shape index (κ1) is 14.5. The average molecular weight is 283 g/mol. The largest absolute Gasteiger partial charge is 0.365 e. The van der Waals surface area contributed by atoms with Gasteiger partial charge in [0.15, 0.2) is 0 Å². The number of nitrogens with zero attached hydrogens (tertiary/aromatic N) is 2. The molecule has 0 aromatic heterocycles. The smallest absolute Gasteiger partial charge is 0.243 e. The average Bonchev–Trinajstić information content (AvgIpc) is 2.47. The lowest BCUT2D eigenvalue weighted by atomic mass is 10.2. The second kappa shape index (κ2) is 6.53. The minimum atomic E-state index is -0.315. The van der Waals surface area contributed by atoms with E-state index in [0.717, 1.165) is 5.69 Å². The van der Waals surface area contributed by atoms with E-state index in [9.17, 15) is 9.18 Å². The van der Waals surface area contributed by atoms with E-state index in [0.29, 0.717) is 11.3 Å². The number of halogens is 1. The van der Waals surface area contributed by atoms with Crippen LogP contribution >= 0.6 is 0 Å². The van der Waals surface area contributed by atoms with Crippen molar-refractivity contribution in [1.29, 1.82) is 5.26 Å². The fourth-order valence-electron chi connectivity index (χ4n) is 1.87. The number of hydrogen-bond acceptors (Lipinski definition) is 3. The molecule has 0 bridgehead atoms. The summed E-state index contributed by atoms with van der Waals surface area (Å²) < 4.78 is 12.8. The van der Waals surface area contributed by atoms with Gasteiger partial charge in [0, 0.05) is 18.4 Å². The highest BCUT2D eigenvalue weighted by Gasteiger charge is 2.08. The van der Waals surface area contributed by atoms with Crippen molar-refractivity contribution in [2.24, 2.45) is 0 Å². The molecule has 0 unspecified atom stereocenters. The van der Waals surface area contributed by atoms with Crippen LogP contribution < -0.4 is 10.2 Å². The lowest BCUT2D eigenvalue weighted by molar-refractivity contribution is -0.114. The number of carbonyl (C=O) groups is 1. The van der Waals surface area contributed by atoms with E-state index in [1.54, 1.807) is 48.3 Å². The summed E-state index contributed by atoms with van der Waals surface area (Å²) in [6, 6.07) is 14.6. The Morgan fingerprint density at radius 3 is 2.67 bits per heavy atom. The van der Waals surface area contributed by atoms with Gasteiger partial charge in [-0.05, 0) is 42.5 Å². The van der Waals surface area contributed by atoms with Gasteiger partial charge in [0.05, 0.1) is 18.2 Å². The quantitative estimate of drug-likeness (QED) is 0.938. The summed E-state index contributed by atoms with van der Waals surface area (Å²) in [6.45, 7) is 0.127. The Hall–Kier alpha value is -2.87. The lowest BCUT2D eigenvalue weighted by Gasteiger charge is -2.18.